The molecule has 6 nitrogen and oxygen atoms in total. The molecule has 0 spiro atoms. The van der Waals surface area contributed by atoms with Crippen LogP contribution >= 0.6 is 0 Å². The number of anilines is 1. The molecule has 2 N–H and O–H groups in total. The molecule has 0 bridgehead atoms. The van der Waals surface area contributed by atoms with Crippen LogP contribution in [0.1, 0.15) is 24.4 Å². The van der Waals surface area contributed by atoms with Crippen molar-refractivity contribution in [2.24, 2.45) is 0 Å². The summed E-state index contributed by atoms with van der Waals surface area (Å²) in [5.74, 6) is 1.09. The molecule has 0 radical (unpaired) electrons. The Labute approximate surface area is 123 Å². The largest absolute Gasteiger partial charge is 0.399 e. The molecule has 6 heteroatoms. The van der Waals surface area contributed by atoms with E-state index < -0.39 is 0 Å². The molecule has 1 aliphatic rings. The molecule has 1 saturated heterocycles. The average molecular weight is 288 g/mol. The highest BCUT2D eigenvalue weighted by Crippen LogP contribution is 2.27. The molecular weight excluding hydrogens is 268 g/mol. The molecule has 112 valence electrons. The van der Waals surface area contributed by atoms with Crippen LogP contribution in [-0.2, 0) is 4.74 Å². The van der Waals surface area contributed by atoms with Gasteiger partial charge in [0.15, 0.2) is 0 Å². The van der Waals surface area contributed by atoms with Crippen molar-refractivity contribution in [3.05, 3.63) is 29.6 Å². The second-order valence-corrected chi connectivity index (χ2v) is 5.28. The Kier molecular flexibility index (Phi) is 3.90. The van der Waals surface area contributed by atoms with Gasteiger partial charge in [0.1, 0.15) is 6.10 Å². The Morgan fingerprint density at radius 1 is 1.43 bits per heavy atom. The van der Waals surface area contributed by atoms with E-state index in [0.717, 1.165) is 30.8 Å². The van der Waals surface area contributed by atoms with E-state index in [1.165, 1.54) is 0 Å². The number of aromatic nitrogens is 2. The van der Waals surface area contributed by atoms with Crippen LogP contribution in [0.2, 0.25) is 0 Å². The summed E-state index contributed by atoms with van der Waals surface area (Å²) >= 11 is 0. The summed E-state index contributed by atoms with van der Waals surface area (Å²) in [5.41, 5.74) is 8.44. The summed E-state index contributed by atoms with van der Waals surface area (Å²) in [5, 5.41) is 4.08. The molecule has 1 aromatic carbocycles. The summed E-state index contributed by atoms with van der Waals surface area (Å²) in [6.07, 6.45) is -0.127. The fourth-order valence-electron chi connectivity index (χ4n) is 2.49. The van der Waals surface area contributed by atoms with E-state index in [-0.39, 0.29) is 6.10 Å². The van der Waals surface area contributed by atoms with E-state index in [9.17, 15) is 0 Å². The number of hydrogen-bond acceptors (Lipinski definition) is 6. The van der Waals surface area contributed by atoms with Crippen LogP contribution in [-0.4, -0.2) is 41.3 Å². The average Bonchev–Trinajstić information content (AvgIpc) is 2.99. The molecule has 1 aromatic heterocycles. The SMILES string of the molecule is CCN1CCOC(c2noc(-c3cc(N)ccc3C)n2)C1. The molecule has 0 saturated carbocycles. The molecule has 1 unspecified atom stereocenters. The highest BCUT2D eigenvalue weighted by atomic mass is 16.5. The molecule has 1 atom stereocenters. The van der Waals surface area contributed by atoms with Crippen molar-refractivity contribution in [3.63, 3.8) is 0 Å². The lowest BCUT2D eigenvalue weighted by molar-refractivity contribution is -0.0334. The minimum Gasteiger partial charge on any atom is -0.399 e. The lowest BCUT2D eigenvalue weighted by Crippen LogP contribution is -2.38. The number of ether oxygens (including phenoxy) is 1. The summed E-state index contributed by atoms with van der Waals surface area (Å²) in [6, 6.07) is 5.66. The number of rotatable bonds is 3. The van der Waals surface area contributed by atoms with Crippen LogP contribution in [0, 0.1) is 6.92 Å². The van der Waals surface area contributed by atoms with E-state index in [4.69, 9.17) is 15.0 Å². The highest BCUT2D eigenvalue weighted by Gasteiger charge is 2.26. The molecular formula is C15H20N4O2. The maximum Gasteiger partial charge on any atom is 0.258 e. The topological polar surface area (TPSA) is 77.4 Å². The van der Waals surface area contributed by atoms with Gasteiger partial charge in [0.2, 0.25) is 5.82 Å². The Morgan fingerprint density at radius 3 is 3.10 bits per heavy atom. The zero-order valence-electron chi connectivity index (χ0n) is 12.4. The molecule has 2 aromatic rings. The number of nitrogens with zero attached hydrogens (tertiary/aromatic N) is 3. The van der Waals surface area contributed by atoms with Crippen molar-refractivity contribution in [1.29, 1.82) is 0 Å². The second kappa shape index (κ2) is 5.83. The van der Waals surface area contributed by atoms with Gasteiger partial charge in [-0.05, 0) is 31.2 Å². The van der Waals surface area contributed by atoms with Crippen LogP contribution < -0.4 is 5.73 Å². The van der Waals surface area contributed by atoms with Gasteiger partial charge in [0.25, 0.3) is 5.89 Å². The molecule has 1 aliphatic heterocycles. The Hall–Kier alpha value is -1.92. The van der Waals surface area contributed by atoms with Crippen molar-refractivity contribution in [2.45, 2.75) is 20.0 Å². The summed E-state index contributed by atoms with van der Waals surface area (Å²) in [6.45, 7) is 7.57. The van der Waals surface area contributed by atoms with Crippen molar-refractivity contribution < 1.29 is 9.26 Å². The first kappa shape index (κ1) is 14.0. The third-order valence-electron chi connectivity index (χ3n) is 3.82. The van der Waals surface area contributed by atoms with Gasteiger partial charge in [-0.2, -0.15) is 4.98 Å². The highest BCUT2D eigenvalue weighted by molar-refractivity contribution is 5.63. The van der Waals surface area contributed by atoms with Crippen LogP contribution in [0.25, 0.3) is 11.5 Å². The second-order valence-electron chi connectivity index (χ2n) is 5.28. The normalized spacial score (nSPS) is 19.8. The molecule has 21 heavy (non-hydrogen) atoms. The number of hydrogen-bond donors (Lipinski definition) is 1. The number of aryl methyl sites for hydroxylation is 1. The van der Waals surface area contributed by atoms with E-state index >= 15 is 0 Å². The molecule has 2 heterocycles. The number of nitrogens with two attached hydrogens (primary N) is 1. The predicted molar refractivity (Wildman–Crippen MR) is 79.7 cm³/mol. The molecule has 1 fully saturated rings. The fraction of sp³-hybridized carbons (Fsp3) is 0.467. The van der Waals surface area contributed by atoms with E-state index in [0.29, 0.717) is 24.0 Å². The van der Waals surface area contributed by atoms with Crippen LogP contribution in [0.15, 0.2) is 22.7 Å². The maximum absolute atomic E-state index is 5.83. The zero-order chi connectivity index (χ0) is 14.8. The fourth-order valence-corrected chi connectivity index (χ4v) is 2.49. The number of likely N-dealkylation sites (N-methyl/N-ethyl adjacent to an activating group) is 1. The molecule has 0 aliphatic carbocycles. The van der Waals surface area contributed by atoms with Gasteiger partial charge < -0.3 is 15.0 Å². The number of benzene rings is 1. The summed E-state index contributed by atoms with van der Waals surface area (Å²) in [4.78, 5) is 6.81. The number of nitrogen functional groups attached to an aromatic ring is 1. The van der Waals surface area contributed by atoms with Crippen molar-refractivity contribution >= 4 is 5.69 Å². The predicted octanol–water partition coefficient (Wildman–Crippen LogP) is 2.02. The third-order valence-corrected chi connectivity index (χ3v) is 3.82. The van der Waals surface area contributed by atoms with Crippen LogP contribution in [0.5, 0.6) is 0 Å². The van der Waals surface area contributed by atoms with Gasteiger partial charge in [-0.15, -0.1) is 0 Å². The zero-order valence-corrected chi connectivity index (χ0v) is 12.4. The summed E-state index contributed by atoms with van der Waals surface area (Å²) in [7, 11) is 0. The van der Waals surface area contributed by atoms with Crippen LogP contribution in [0.4, 0.5) is 5.69 Å². The van der Waals surface area contributed by atoms with E-state index in [2.05, 4.69) is 22.0 Å². The lowest BCUT2D eigenvalue weighted by Gasteiger charge is -2.30. The quantitative estimate of drug-likeness (QED) is 0.871. The third kappa shape index (κ3) is 2.91. The minimum atomic E-state index is -0.127. The summed E-state index contributed by atoms with van der Waals surface area (Å²) < 4.78 is 11.1. The Morgan fingerprint density at radius 2 is 2.29 bits per heavy atom. The van der Waals surface area contributed by atoms with Gasteiger partial charge in [-0.1, -0.05) is 18.1 Å². The maximum atomic E-state index is 5.83. The van der Waals surface area contributed by atoms with E-state index in [1.54, 1.807) is 0 Å². The van der Waals surface area contributed by atoms with Crippen LogP contribution in [0.3, 0.4) is 0 Å². The smallest absolute Gasteiger partial charge is 0.258 e. The van der Waals surface area contributed by atoms with Gasteiger partial charge >= 0.3 is 0 Å². The van der Waals surface area contributed by atoms with Gasteiger partial charge in [-0.25, -0.2) is 0 Å². The van der Waals surface area contributed by atoms with Gasteiger partial charge in [-0.3, -0.25) is 4.90 Å². The monoisotopic (exact) mass is 288 g/mol. The van der Waals surface area contributed by atoms with Crippen molar-refractivity contribution in [3.8, 4) is 11.5 Å². The molecule has 3 rings (SSSR count). The Bertz CT molecular complexity index is 626. The minimum absolute atomic E-state index is 0.127. The Balaban J connectivity index is 1.84. The first-order chi connectivity index (χ1) is 10.2. The van der Waals surface area contributed by atoms with Crippen molar-refractivity contribution in [2.75, 3.05) is 32.0 Å². The lowest BCUT2D eigenvalue weighted by atomic mass is 10.1. The van der Waals surface area contributed by atoms with Gasteiger partial charge in [0, 0.05) is 24.3 Å². The first-order valence-electron chi connectivity index (χ1n) is 7.21. The van der Waals surface area contributed by atoms with E-state index in [1.807, 2.05) is 25.1 Å². The number of morpholine rings is 1. The standard InChI is InChI=1S/C15H20N4O2/c1-3-19-6-7-20-13(9-19)14-17-15(21-18-14)12-8-11(16)5-4-10(12)2/h4-5,8,13H,3,6-7,9,16H2,1-2H3. The van der Waals surface area contributed by atoms with Crippen molar-refractivity contribution in [1.82, 2.24) is 15.0 Å². The molecule has 0 amide bonds. The van der Waals surface area contributed by atoms with Gasteiger partial charge in [0.05, 0.1) is 6.61 Å². The first-order valence-corrected chi connectivity index (χ1v) is 7.21.